The lowest BCUT2D eigenvalue weighted by Crippen LogP contribution is -2.42. The number of hydrogen-bond donors (Lipinski definition) is 0. The molecule has 0 N–H and O–H groups in total. The molecular weight excluding hydrogens is 427 g/mol. The summed E-state index contributed by atoms with van der Waals surface area (Å²) in [5.74, 6) is 0.863. The molecule has 28 heavy (non-hydrogen) atoms. The van der Waals surface area contributed by atoms with Gasteiger partial charge in [-0.2, -0.15) is 0 Å². The van der Waals surface area contributed by atoms with Crippen LogP contribution in [0.1, 0.15) is 13.3 Å². The molecule has 2 aromatic rings. The van der Waals surface area contributed by atoms with Crippen LogP contribution >= 0.6 is 15.9 Å². The molecule has 0 aliphatic carbocycles. The van der Waals surface area contributed by atoms with Crippen molar-refractivity contribution in [2.75, 3.05) is 38.2 Å². The van der Waals surface area contributed by atoms with Crippen molar-refractivity contribution in [2.24, 2.45) is 0 Å². The fourth-order valence-electron chi connectivity index (χ4n) is 3.26. The van der Waals surface area contributed by atoms with Gasteiger partial charge in [0.2, 0.25) is 0 Å². The molecule has 2 aromatic carbocycles. The van der Waals surface area contributed by atoms with E-state index in [1.807, 2.05) is 29.2 Å². The predicted molar refractivity (Wildman–Crippen MR) is 111 cm³/mol. The number of carbonyl (C=O) groups excluding carboxylic acids is 1. The van der Waals surface area contributed by atoms with Gasteiger partial charge in [0.25, 0.3) is 5.91 Å². The summed E-state index contributed by atoms with van der Waals surface area (Å²) >= 11 is 3.27. The minimum Gasteiger partial charge on any atom is -0.497 e. The highest BCUT2D eigenvalue weighted by Crippen LogP contribution is 2.27. The van der Waals surface area contributed by atoms with Gasteiger partial charge in [0.1, 0.15) is 17.3 Å². The van der Waals surface area contributed by atoms with Crippen LogP contribution in [0.15, 0.2) is 46.9 Å². The monoisotopic (exact) mass is 450 g/mol. The lowest BCUT2D eigenvalue weighted by Gasteiger charge is -2.26. The van der Waals surface area contributed by atoms with Crippen molar-refractivity contribution < 1.29 is 18.7 Å². The fraction of sp³-hybridized carbons (Fsp3) is 0.381. The van der Waals surface area contributed by atoms with Crippen LogP contribution in [-0.2, 0) is 4.79 Å². The highest BCUT2D eigenvalue weighted by molar-refractivity contribution is 9.10. The summed E-state index contributed by atoms with van der Waals surface area (Å²) in [6.45, 7) is 4.68. The minimum atomic E-state index is -0.644. The Hall–Kier alpha value is -2.28. The Balaban J connectivity index is 1.59. The molecule has 3 rings (SSSR count). The van der Waals surface area contributed by atoms with Crippen molar-refractivity contribution in [1.82, 2.24) is 4.90 Å². The molecule has 0 radical (unpaired) electrons. The van der Waals surface area contributed by atoms with E-state index in [-0.39, 0.29) is 11.7 Å². The highest BCUT2D eigenvalue weighted by Gasteiger charge is 2.25. The quantitative estimate of drug-likeness (QED) is 0.687. The number of nitrogens with zero attached hydrogens (tertiary/aromatic N) is 2. The molecule has 7 heteroatoms. The van der Waals surface area contributed by atoms with Crippen molar-refractivity contribution in [2.45, 2.75) is 19.4 Å². The van der Waals surface area contributed by atoms with Gasteiger partial charge < -0.3 is 19.3 Å². The maximum absolute atomic E-state index is 13.2. The summed E-state index contributed by atoms with van der Waals surface area (Å²) in [4.78, 5) is 16.9. The van der Waals surface area contributed by atoms with E-state index >= 15 is 0 Å². The summed E-state index contributed by atoms with van der Waals surface area (Å²) < 4.78 is 24.7. The predicted octanol–water partition coefficient (Wildman–Crippen LogP) is 4.10. The second-order valence-electron chi connectivity index (χ2n) is 6.70. The summed E-state index contributed by atoms with van der Waals surface area (Å²) in [6, 6.07) is 12.1. The molecule has 1 saturated heterocycles. The van der Waals surface area contributed by atoms with Crippen LogP contribution in [0.2, 0.25) is 0 Å². The van der Waals surface area contributed by atoms with E-state index in [1.165, 1.54) is 18.2 Å². The molecule has 0 spiro atoms. The Morgan fingerprint density at radius 3 is 2.54 bits per heavy atom. The molecule has 1 aliphatic rings. The van der Waals surface area contributed by atoms with Gasteiger partial charge in [-0.1, -0.05) is 0 Å². The Kier molecular flexibility index (Phi) is 6.78. The average Bonchev–Trinajstić information content (AvgIpc) is 2.96. The summed E-state index contributed by atoms with van der Waals surface area (Å²) in [5, 5.41) is 0. The van der Waals surface area contributed by atoms with E-state index in [9.17, 15) is 9.18 Å². The highest BCUT2D eigenvalue weighted by atomic mass is 79.9. The number of carbonyl (C=O) groups is 1. The number of benzene rings is 2. The fourth-order valence-corrected chi connectivity index (χ4v) is 3.70. The first-order chi connectivity index (χ1) is 13.5. The first kappa shape index (κ1) is 20.5. The molecule has 1 atom stereocenters. The standard InChI is InChI=1S/C21H24BrFN2O3/c1-15(28-20-9-4-16(23)14-19(20)22)21(26)25-11-3-10-24(12-13-25)17-5-7-18(27-2)8-6-17/h4-9,14-15H,3,10-13H2,1-2H3. The van der Waals surface area contributed by atoms with E-state index < -0.39 is 6.10 Å². The maximum atomic E-state index is 13.2. The number of ether oxygens (including phenoxy) is 2. The average molecular weight is 451 g/mol. The van der Waals surface area contributed by atoms with Gasteiger partial charge in [-0.25, -0.2) is 4.39 Å². The van der Waals surface area contributed by atoms with Crippen LogP contribution < -0.4 is 14.4 Å². The lowest BCUT2D eigenvalue weighted by atomic mass is 10.2. The maximum Gasteiger partial charge on any atom is 0.263 e. The summed E-state index contributed by atoms with van der Waals surface area (Å²) in [7, 11) is 1.65. The Morgan fingerprint density at radius 1 is 1.11 bits per heavy atom. The van der Waals surface area contributed by atoms with Crippen molar-refractivity contribution in [1.29, 1.82) is 0 Å². The van der Waals surface area contributed by atoms with Crippen LogP contribution in [-0.4, -0.2) is 50.2 Å². The molecule has 0 bridgehead atoms. The van der Waals surface area contributed by atoms with Gasteiger partial charge in [0, 0.05) is 31.9 Å². The zero-order chi connectivity index (χ0) is 20.1. The van der Waals surface area contributed by atoms with E-state index in [1.54, 1.807) is 14.0 Å². The molecule has 1 fully saturated rings. The van der Waals surface area contributed by atoms with Crippen molar-refractivity contribution in [3.8, 4) is 11.5 Å². The number of hydrogen-bond acceptors (Lipinski definition) is 4. The van der Waals surface area contributed by atoms with Gasteiger partial charge in [0.15, 0.2) is 6.10 Å². The summed E-state index contributed by atoms with van der Waals surface area (Å²) in [5.41, 5.74) is 1.12. The van der Waals surface area contributed by atoms with Crippen molar-refractivity contribution in [3.63, 3.8) is 0 Å². The topological polar surface area (TPSA) is 42.0 Å². The van der Waals surface area contributed by atoms with E-state index in [0.717, 1.165) is 30.9 Å². The van der Waals surface area contributed by atoms with E-state index in [2.05, 4.69) is 20.8 Å². The van der Waals surface area contributed by atoms with Crippen LogP contribution in [0, 0.1) is 5.82 Å². The van der Waals surface area contributed by atoms with E-state index in [4.69, 9.17) is 9.47 Å². The number of rotatable bonds is 5. The van der Waals surface area contributed by atoms with Gasteiger partial charge >= 0.3 is 0 Å². The number of methoxy groups -OCH3 is 1. The van der Waals surface area contributed by atoms with Crippen molar-refractivity contribution in [3.05, 3.63) is 52.8 Å². The van der Waals surface area contributed by atoms with Crippen LogP contribution in [0.25, 0.3) is 0 Å². The number of halogens is 2. The molecule has 0 saturated carbocycles. The number of amides is 1. The first-order valence-electron chi connectivity index (χ1n) is 9.27. The lowest BCUT2D eigenvalue weighted by molar-refractivity contribution is -0.137. The van der Waals surface area contributed by atoms with Crippen LogP contribution in [0.5, 0.6) is 11.5 Å². The third-order valence-electron chi connectivity index (χ3n) is 4.79. The SMILES string of the molecule is COc1ccc(N2CCCN(C(=O)C(C)Oc3ccc(F)cc3Br)CC2)cc1. The number of anilines is 1. The third kappa shape index (κ3) is 4.95. The molecule has 1 unspecified atom stereocenters. The Bertz CT molecular complexity index is 816. The Morgan fingerprint density at radius 2 is 1.86 bits per heavy atom. The van der Waals surface area contributed by atoms with Crippen LogP contribution in [0.3, 0.4) is 0 Å². The second kappa shape index (κ2) is 9.28. The molecule has 1 aliphatic heterocycles. The third-order valence-corrected chi connectivity index (χ3v) is 5.41. The van der Waals surface area contributed by atoms with Gasteiger partial charge in [0.05, 0.1) is 11.6 Å². The van der Waals surface area contributed by atoms with E-state index in [0.29, 0.717) is 23.3 Å². The van der Waals surface area contributed by atoms with Gasteiger partial charge in [-0.3, -0.25) is 4.79 Å². The molecule has 150 valence electrons. The first-order valence-corrected chi connectivity index (χ1v) is 10.1. The Labute approximate surface area is 173 Å². The normalized spacial score (nSPS) is 15.7. The molecule has 1 heterocycles. The van der Waals surface area contributed by atoms with Crippen molar-refractivity contribution >= 4 is 27.5 Å². The van der Waals surface area contributed by atoms with Gasteiger partial charge in [-0.05, 0) is 71.7 Å². The molecule has 5 nitrogen and oxygen atoms in total. The summed E-state index contributed by atoms with van der Waals surface area (Å²) in [6.07, 6.45) is 0.236. The zero-order valence-electron chi connectivity index (χ0n) is 16.0. The van der Waals surface area contributed by atoms with Gasteiger partial charge in [-0.15, -0.1) is 0 Å². The smallest absolute Gasteiger partial charge is 0.263 e. The largest absolute Gasteiger partial charge is 0.497 e. The second-order valence-corrected chi connectivity index (χ2v) is 7.55. The van der Waals surface area contributed by atoms with Crippen LogP contribution in [0.4, 0.5) is 10.1 Å². The minimum absolute atomic E-state index is 0.0622. The zero-order valence-corrected chi connectivity index (χ0v) is 17.6. The molecular formula is C21H24BrFN2O3. The molecule has 1 amide bonds. The molecule has 0 aromatic heterocycles.